The predicted molar refractivity (Wildman–Crippen MR) is 55.9 cm³/mol. The van der Waals surface area contributed by atoms with Gasteiger partial charge in [-0.1, -0.05) is 36.3 Å². The van der Waals surface area contributed by atoms with Crippen molar-refractivity contribution in [1.29, 1.82) is 0 Å². The molecule has 0 amide bonds. The van der Waals surface area contributed by atoms with Gasteiger partial charge in [0.25, 0.3) is 0 Å². The molecule has 4 heteroatoms. The summed E-state index contributed by atoms with van der Waals surface area (Å²) in [6.45, 7) is 0.0369. The van der Waals surface area contributed by atoms with Crippen LogP contribution in [0.1, 0.15) is 5.56 Å². The van der Waals surface area contributed by atoms with Crippen molar-refractivity contribution in [2.45, 2.75) is 5.75 Å². The molecule has 1 N–H and O–H groups in total. The summed E-state index contributed by atoms with van der Waals surface area (Å²) in [5.74, 6) is 2.19. The van der Waals surface area contributed by atoms with Gasteiger partial charge in [-0.05, 0) is 5.56 Å². The summed E-state index contributed by atoms with van der Waals surface area (Å²) >= 11 is 0. The maximum atomic E-state index is 11.4. The molecule has 0 radical (unpaired) electrons. The van der Waals surface area contributed by atoms with Crippen LogP contribution in [0, 0.1) is 12.3 Å². The highest BCUT2D eigenvalue weighted by molar-refractivity contribution is 7.88. The molecule has 0 aliphatic carbocycles. The Kier molecular flexibility index (Phi) is 3.69. The molecule has 0 unspecified atom stereocenters. The number of benzene rings is 1. The summed E-state index contributed by atoms with van der Waals surface area (Å²) in [6.07, 6.45) is 4.95. The van der Waals surface area contributed by atoms with Gasteiger partial charge in [0.15, 0.2) is 0 Å². The van der Waals surface area contributed by atoms with Gasteiger partial charge in [0, 0.05) is 0 Å². The van der Waals surface area contributed by atoms with Crippen LogP contribution in [-0.2, 0) is 15.8 Å². The van der Waals surface area contributed by atoms with E-state index < -0.39 is 10.0 Å². The largest absolute Gasteiger partial charge is 0.216 e. The van der Waals surface area contributed by atoms with Gasteiger partial charge in [-0.25, -0.2) is 13.1 Å². The van der Waals surface area contributed by atoms with Crippen LogP contribution in [0.4, 0.5) is 0 Å². The Balaban J connectivity index is 2.66. The maximum absolute atomic E-state index is 11.4. The molecule has 0 saturated carbocycles. The van der Waals surface area contributed by atoms with Gasteiger partial charge in [0.2, 0.25) is 10.0 Å². The minimum Gasteiger partial charge on any atom is -0.212 e. The van der Waals surface area contributed by atoms with Crippen LogP contribution >= 0.6 is 0 Å². The van der Waals surface area contributed by atoms with Crippen molar-refractivity contribution in [3.63, 3.8) is 0 Å². The van der Waals surface area contributed by atoms with Crippen molar-refractivity contribution in [2.75, 3.05) is 6.54 Å². The van der Waals surface area contributed by atoms with Gasteiger partial charge in [-0.2, -0.15) is 0 Å². The summed E-state index contributed by atoms with van der Waals surface area (Å²) in [5.41, 5.74) is 0.747. The van der Waals surface area contributed by atoms with E-state index in [4.69, 9.17) is 6.42 Å². The number of terminal acetylenes is 1. The predicted octanol–water partition coefficient (Wildman–Crippen LogP) is 0.739. The topological polar surface area (TPSA) is 46.2 Å². The van der Waals surface area contributed by atoms with Gasteiger partial charge < -0.3 is 0 Å². The second-order valence-corrected chi connectivity index (χ2v) is 4.58. The summed E-state index contributed by atoms with van der Waals surface area (Å²) in [6, 6.07) is 8.95. The highest BCUT2D eigenvalue weighted by atomic mass is 32.2. The molecule has 0 heterocycles. The first-order valence-corrected chi connectivity index (χ1v) is 5.74. The summed E-state index contributed by atoms with van der Waals surface area (Å²) in [4.78, 5) is 0. The zero-order valence-electron chi connectivity index (χ0n) is 7.60. The molecule has 1 rings (SSSR count). The number of nitrogens with one attached hydrogen (secondary N) is 1. The third-order valence-corrected chi connectivity index (χ3v) is 2.89. The average Bonchev–Trinajstić information content (AvgIpc) is 2.16. The molecule has 0 aliphatic rings. The zero-order chi connectivity index (χ0) is 10.4. The van der Waals surface area contributed by atoms with Crippen molar-refractivity contribution in [3.8, 4) is 12.3 Å². The minimum atomic E-state index is -3.29. The Morgan fingerprint density at radius 2 is 1.93 bits per heavy atom. The average molecular weight is 209 g/mol. The Hall–Kier alpha value is -1.31. The Labute approximate surface area is 84.2 Å². The number of hydrogen-bond donors (Lipinski definition) is 1. The normalized spacial score (nSPS) is 10.8. The monoisotopic (exact) mass is 209 g/mol. The molecular weight excluding hydrogens is 198 g/mol. The lowest BCUT2D eigenvalue weighted by molar-refractivity contribution is 0.585. The SMILES string of the molecule is C#CCNS(=O)(=O)Cc1ccccc1. The van der Waals surface area contributed by atoms with Gasteiger partial charge in [-0.15, -0.1) is 6.42 Å². The molecule has 0 fully saturated rings. The molecule has 14 heavy (non-hydrogen) atoms. The highest BCUT2D eigenvalue weighted by Gasteiger charge is 2.09. The summed E-state index contributed by atoms with van der Waals surface area (Å²) in [5, 5.41) is 0. The zero-order valence-corrected chi connectivity index (χ0v) is 8.42. The fourth-order valence-electron chi connectivity index (χ4n) is 0.996. The molecular formula is C10H11NO2S. The standard InChI is InChI=1S/C10H11NO2S/c1-2-8-11-14(12,13)9-10-6-4-3-5-7-10/h1,3-7,11H,8-9H2. The van der Waals surface area contributed by atoms with Crippen LogP contribution in [0.3, 0.4) is 0 Å². The van der Waals surface area contributed by atoms with Gasteiger partial charge in [0.05, 0.1) is 12.3 Å². The molecule has 0 spiro atoms. The number of sulfonamides is 1. The highest BCUT2D eigenvalue weighted by Crippen LogP contribution is 2.03. The van der Waals surface area contributed by atoms with Crippen molar-refractivity contribution >= 4 is 10.0 Å². The Morgan fingerprint density at radius 1 is 1.29 bits per heavy atom. The van der Waals surface area contributed by atoms with Crippen LogP contribution in [0.25, 0.3) is 0 Å². The summed E-state index contributed by atoms with van der Waals surface area (Å²) < 4.78 is 25.0. The van der Waals surface area contributed by atoms with E-state index in [1.54, 1.807) is 24.3 Å². The molecule has 3 nitrogen and oxygen atoms in total. The van der Waals surface area contributed by atoms with Crippen molar-refractivity contribution in [2.24, 2.45) is 0 Å². The van der Waals surface area contributed by atoms with E-state index >= 15 is 0 Å². The van der Waals surface area contributed by atoms with E-state index in [0.717, 1.165) is 5.56 Å². The van der Waals surface area contributed by atoms with Gasteiger partial charge in [0.1, 0.15) is 0 Å². The second kappa shape index (κ2) is 4.80. The Morgan fingerprint density at radius 3 is 2.50 bits per heavy atom. The first-order valence-electron chi connectivity index (χ1n) is 4.09. The summed E-state index contributed by atoms with van der Waals surface area (Å²) in [7, 11) is -3.29. The van der Waals surface area contributed by atoms with E-state index in [0.29, 0.717) is 0 Å². The maximum Gasteiger partial charge on any atom is 0.216 e. The van der Waals surface area contributed by atoms with Crippen LogP contribution in [0.5, 0.6) is 0 Å². The van der Waals surface area contributed by atoms with E-state index in [2.05, 4.69) is 10.6 Å². The third-order valence-electron chi connectivity index (χ3n) is 1.59. The lowest BCUT2D eigenvalue weighted by Crippen LogP contribution is -2.25. The van der Waals surface area contributed by atoms with Crippen LogP contribution in [0.2, 0.25) is 0 Å². The van der Waals surface area contributed by atoms with Gasteiger partial charge in [-0.3, -0.25) is 0 Å². The molecule has 0 saturated heterocycles. The van der Waals surface area contributed by atoms with Crippen molar-refractivity contribution in [3.05, 3.63) is 35.9 Å². The minimum absolute atomic E-state index is 0.0322. The fourth-order valence-corrected chi connectivity index (χ4v) is 2.03. The molecule has 0 aliphatic heterocycles. The molecule has 0 aromatic heterocycles. The number of hydrogen-bond acceptors (Lipinski definition) is 2. The van der Waals surface area contributed by atoms with E-state index in [1.807, 2.05) is 6.07 Å². The lowest BCUT2D eigenvalue weighted by Gasteiger charge is -2.03. The quantitative estimate of drug-likeness (QED) is 0.743. The van der Waals surface area contributed by atoms with E-state index in [-0.39, 0.29) is 12.3 Å². The van der Waals surface area contributed by atoms with Crippen LogP contribution in [0.15, 0.2) is 30.3 Å². The van der Waals surface area contributed by atoms with Gasteiger partial charge >= 0.3 is 0 Å². The first-order chi connectivity index (χ1) is 6.64. The molecule has 0 atom stereocenters. The van der Waals surface area contributed by atoms with Crippen LogP contribution in [-0.4, -0.2) is 15.0 Å². The van der Waals surface area contributed by atoms with E-state index in [9.17, 15) is 8.42 Å². The molecule has 1 aromatic rings. The smallest absolute Gasteiger partial charge is 0.212 e. The third kappa shape index (κ3) is 3.60. The fraction of sp³-hybridized carbons (Fsp3) is 0.200. The lowest BCUT2D eigenvalue weighted by atomic mass is 10.2. The van der Waals surface area contributed by atoms with E-state index in [1.165, 1.54) is 0 Å². The molecule has 0 bridgehead atoms. The first kappa shape index (κ1) is 10.8. The Bertz CT molecular complexity index is 417. The second-order valence-electron chi connectivity index (χ2n) is 2.77. The van der Waals surface area contributed by atoms with Crippen LogP contribution < -0.4 is 4.72 Å². The van der Waals surface area contributed by atoms with Crippen molar-refractivity contribution < 1.29 is 8.42 Å². The molecule has 74 valence electrons. The van der Waals surface area contributed by atoms with Crippen molar-refractivity contribution in [1.82, 2.24) is 4.72 Å². The molecule has 1 aromatic carbocycles. The number of rotatable bonds is 4.